The van der Waals surface area contributed by atoms with E-state index in [-0.39, 0.29) is 18.8 Å². The molecular weight excluding hydrogens is 210 g/mol. The standard InChI is InChI=1S/C11H18BClO2/c1-10(2)7-4-8(10)11(3)9(5-7)14-12(6-13)15-11/h7-9H,4-6H2,1-3H3/t7-,8-,9+,11-/m0/s1. The fraction of sp³-hybridized carbons (Fsp3) is 1.00. The van der Waals surface area contributed by atoms with Gasteiger partial charge >= 0.3 is 7.12 Å². The Bertz CT molecular complexity index is 296. The summed E-state index contributed by atoms with van der Waals surface area (Å²) in [7, 11) is -0.184. The van der Waals surface area contributed by atoms with E-state index in [1.165, 1.54) is 6.42 Å². The first kappa shape index (κ1) is 10.4. The topological polar surface area (TPSA) is 18.5 Å². The molecule has 3 saturated carbocycles. The molecule has 4 rings (SSSR count). The van der Waals surface area contributed by atoms with Crippen molar-refractivity contribution in [1.82, 2.24) is 0 Å². The summed E-state index contributed by atoms with van der Waals surface area (Å²) in [6.45, 7) is 6.95. The van der Waals surface area contributed by atoms with Crippen molar-refractivity contribution in [3.05, 3.63) is 0 Å². The highest BCUT2D eigenvalue weighted by Gasteiger charge is 2.67. The minimum Gasteiger partial charge on any atom is -0.405 e. The Morgan fingerprint density at radius 3 is 2.67 bits per heavy atom. The SMILES string of the molecule is CC1(C)[C@@H]2C[C@H]3OB(CCl)O[C@@]3(C)[C@H]1C2. The van der Waals surface area contributed by atoms with Gasteiger partial charge in [-0.25, -0.2) is 0 Å². The fourth-order valence-electron chi connectivity index (χ4n) is 4.02. The van der Waals surface area contributed by atoms with E-state index in [1.54, 1.807) is 0 Å². The van der Waals surface area contributed by atoms with Crippen LogP contribution in [0.25, 0.3) is 0 Å². The van der Waals surface area contributed by atoms with Gasteiger partial charge in [-0.3, -0.25) is 0 Å². The first-order chi connectivity index (χ1) is 6.98. The zero-order chi connectivity index (χ0) is 10.8. The molecule has 0 radical (unpaired) electrons. The van der Waals surface area contributed by atoms with Gasteiger partial charge in [0.25, 0.3) is 0 Å². The molecule has 0 unspecified atom stereocenters. The van der Waals surface area contributed by atoms with Crippen molar-refractivity contribution in [2.45, 2.75) is 45.3 Å². The molecule has 4 aliphatic rings. The second-order valence-electron chi connectivity index (χ2n) is 6.05. The highest BCUT2D eigenvalue weighted by atomic mass is 35.5. The molecule has 0 amide bonds. The van der Waals surface area contributed by atoms with Gasteiger partial charge in [0.2, 0.25) is 0 Å². The van der Waals surface area contributed by atoms with Crippen molar-refractivity contribution < 1.29 is 9.31 Å². The normalized spacial score (nSPS) is 51.2. The summed E-state index contributed by atoms with van der Waals surface area (Å²) < 4.78 is 11.9. The molecule has 2 bridgehead atoms. The second kappa shape index (κ2) is 2.94. The summed E-state index contributed by atoms with van der Waals surface area (Å²) in [5.41, 5.74) is 0.341. The highest BCUT2D eigenvalue weighted by Crippen LogP contribution is 2.65. The summed E-state index contributed by atoms with van der Waals surface area (Å²) in [6.07, 6.45) is 2.73. The lowest BCUT2D eigenvalue weighted by atomic mass is 9.43. The van der Waals surface area contributed by atoms with E-state index in [4.69, 9.17) is 20.9 Å². The minimum atomic E-state index is -0.184. The lowest BCUT2D eigenvalue weighted by Crippen LogP contribution is -2.65. The van der Waals surface area contributed by atoms with E-state index in [2.05, 4.69) is 20.8 Å². The van der Waals surface area contributed by atoms with Gasteiger partial charge in [0, 0.05) is 0 Å². The zero-order valence-electron chi connectivity index (χ0n) is 9.63. The molecular formula is C11H18BClO2. The third kappa shape index (κ3) is 1.15. The number of alkyl halides is 1. The van der Waals surface area contributed by atoms with Crippen molar-refractivity contribution >= 4 is 18.7 Å². The van der Waals surface area contributed by atoms with Crippen LogP contribution in [0.2, 0.25) is 0 Å². The molecule has 15 heavy (non-hydrogen) atoms. The van der Waals surface area contributed by atoms with Gasteiger partial charge in [0.05, 0.1) is 17.5 Å². The van der Waals surface area contributed by atoms with E-state index in [1.807, 2.05) is 0 Å². The molecule has 1 aliphatic heterocycles. The molecule has 0 N–H and O–H groups in total. The molecule has 4 atom stereocenters. The fourth-order valence-corrected chi connectivity index (χ4v) is 4.15. The maximum atomic E-state index is 6.03. The van der Waals surface area contributed by atoms with E-state index in [0.717, 1.165) is 12.3 Å². The maximum Gasteiger partial charge on any atom is 0.473 e. The first-order valence-electron chi connectivity index (χ1n) is 5.87. The number of halogens is 1. The predicted octanol–water partition coefficient (Wildman–Crippen LogP) is 2.49. The summed E-state index contributed by atoms with van der Waals surface area (Å²) in [6, 6.07) is 0. The summed E-state index contributed by atoms with van der Waals surface area (Å²) in [4.78, 5) is 0. The van der Waals surface area contributed by atoms with Gasteiger partial charge in [-0.05, 0) is 37.0 Å². The Kier molecular flexibility index (Phi) is 2.04. The summed E-state index contributed by atoms with van der Waals surface area (Å²) in [5, 5.41) is 0. The Hall–Kier alpha value is 0.275. The van der Waals surface area contributed by atoms with Crippen molar-refractivity contribution in [3.63, 3.8) is 0 Å². The quantitative estimate of drug-likeness (QED) is 0.507. The predicted molar refractivity (Wildman–Crippen MR) is 60.8 cm³/mol. The average Bonchev–Trinajstić information content (AvgIpc) is 2.53. The molecule has 2 nitrogen and oxygen atoms in total. The monoisotopic (exact) mass is 228 g/mol. The summed E-state index contributed by atoms with van der Waals surface area (Å²) >= 11 is 5.82. The Balaban J connectivity index is 1.89. The van der Waals surface area contributed by atoms with Crippen LogP contribution >= 0.6 is 11.6 Å². The molecule has 4 fully saturated rings. The van der Waals surface area contributed by atoms with Crippen molar-refractivity contribution in [2.24, 2.45) is 17.3 Å². The molecule has 1 heterocycles. The molecule has 0 aromatic carbocycles. The average molecular weight is 229 g/mol. The summed E-state index contributed by atoms with van der Waals surface area (Å²) in [5.74, 6) is 1.91. The van der Waals surface area contributed by atoms with E-state index >= 15 is 0 Å². The molecule has 3 aliphatic carbocycles. The first-order valence-corrected chi connectivity index (χ1v) is 6.41. The van der Waals surface area contributed by atoms with E-state index < -0.39 is 0 Å². The van der Waals surface area contributed by atoms with Gasteiger partial charge < -0.3 is 9.31 Å². The zero-order valence-corrected chi connectivity index (χ0v) is 10.4. The maximum absolute atomic E-state index is 6.03. The van der Waals surface area contributed by atoms with Gasteiger partial charge in [-0.2, -0.15) is 0 Å². The van der Waals surface area contributed by atoms with E-state index in [0.29, 0.717) is 17.1 Å². The Labute approximate surface area is 96.8 Å². The van der Waals surface area contributed by atoms with Crippen LogP contribution in [0.3, 0.4) is 0 Å². The molecule has 84 valence electrons. The second-order valence-corrected chi connectivity index (χ2v) is 6.36. The third-order valence-corrected chi connectivity index (χ3v) is 5.38. The number of rotatable bonds is 1. The van der Waals surface area contributed by atoms with Crippen molar-refractivity contribution in [2.75, 3.05) is 5.78 Å². The Morgan fingerprint density at radius 1 is 1.33 bits per heavy atom. The number of hydrogen-bond acceptors (Lipinski definition) is 2. The largest absolute Gasteiger partial charge is 0.473 e. The minimum absolute atomic E-state index is 0.0855. The Morgan fingerprint density at radius 2 is 2.07 bits per heavy atom. The molecule has 0 aromatic rings. The van der Waals surface area contributed by atoms with Crippen LogP contribution in [0.15, 0.2) is 0 Å². The molecule has 1 saturated heterocycles. The lowest BCUT2D eigenvalue weighted by molar-refractivity contribution is -0.199. The van der Waals surface area contributed by atoms with Crippen LogP contribution in [-0.4, -0.2) is 24.6 Å². The smallest absolute Gasteiger partial charge is 0.405 e. The van der Waals surface area contributed by atoms with Crippen molar-refractivity contribution in [3.8, 4) is 0 Å². The van der Waals surface area contributed by atoms with Gasteiger partial charge in [0.1, 0.15) is 0 Å². The van der Waals surface area contributed by atoms with Crippen LogP contribution in [0, 0.1) is 17.3 Å². The van der Waals surface area contributed by atoms with Crippen LogP contribution in [0.1, 0.15) is 33.6 Å². The van der Waals surface area contributed by atoms with E-state index in [9.17, 15) is 0 Å². The van der Waals surface area contributed by atoms with Crippen LogP contribution in [-0.2, 0) is 9.31 Å². The lowest BCUT2D eigenvalue weighted by Gasteiger charge is -2.64. The van der Waals surface area contributed by atoms with Crippen LogP contribution in [0.5, 0.6) is 0 Å². The van der Waals surface area contributed by atoms with Crippen molar-refractivity contribution in [1.29, 1.82) is 0 Å². The third-order valence-electron chi connectivity index (χ3n) is 5.13. The van der Waals surface area contributed by atoms with Crippen LogP contribution < -0.4 is 0 Å². The molecule has 0 aromatic heterocycles. The highest BCUT2D eigenvalue weighted by molar-refractivity contribution is 6.57. The molecule has 4 heteroatoms. The van der Waals surface area contributed by atoms with Crippen LogP contribution in [0.4, 0.5) is 0 Å². The van der Waals surface area contributed by atoms with Gasteiger partial charge in [-0.15, -0.1) is 11.6 Å². The molecule has 0 spiro atoms. The number of hydrogen-bond donors (Lipinski definition) is 0. The van der Waals surface area contributed by atoms with Gasteiger partial charge in [0.15, 0.2) is 0 Å². The van der Waals surface area contributed by atoms with Gasteiger partial charge in [-0.1, -0.05) is 13.8 Å².